The number of carboxylic acids is 2. The second kappa shape index (κ2) is 13.4. The number of unbranched alkanes of at least 4 members (excludes halogenated alkanes) is 4. The molecule has 0 fully saturated rings. The number of aliphatic carboxylic acids is 2. The summed E-state index contributed by atoms with van der Waals surface area (Å²) in [6.07, 6.45) is 3.20. The zero-order valence-corrected chi connectivity index (χ0v) is 19.5. The van der Waals surface area contributed by atoms with Crippen molar-refractivity contribution in [1.29, 1.82) is 0 Å². The van der Waals surface area contributed by atoms with Crippen molar-refractivity contribution in [2.45, 2.75) is 58.2 Å². The highest BCUT2D eigenvalue weighted by atomic mass is 19.4. The Kier molecular flexibility index (Phi) is 10.6. The van der Waals surface area contributed by atoms with E-state index in [9.17, 15) is 33.0 Å². The van der Waals surface area contributed by atoms with Gasteiger partial charge in [-0.15, -0.1) is 0 Å². The van der Waals surface area contributed by atoms with Crippen molar-refractivity contribution in [3.8, 4) is 5.75 Å². The summed E-state index contributed by atoms with van der Waals surface area (Å²) in [7, 11) is 0. The van der Waals surface area contributed by atoms with Crippen LogP contribution in [0.1, 0.15) is 62.1 Å². The second-order valence-electron chi connectivity index (χ2n) is 8.10. The molecule has 0 atom stereocenters. The number of hydrogen-bond donors (Lipinski definition) is 2. The van der Waals surface area contributed by atoms with Crippen LogP contribution >= 0.6 is 0 Å². The van der Waals surface area contributed by atoms with Crippen LogP contribution in [0.5, 0.6) is 5.75 Å². The Hall–Kier alpha value is -3.55. The third kappa shape index (κ3) is 9.68. The Morgan fingerprint density at radius 3 is 2.06 bits per heavy atom. The Balaban J connectivity index is 2.05. The van der Waals surface area contributed by atoms with Gasteiger partial charge in [0.15, 0.2) is 0 Å². The summed E-state index contributed by atoms with van der Waals surface area (Å²) < 4.78 is 43.5. The van der Waals surface area contributed by atoms with Crippen LogP contribution in [0.2, 0.25) is 0 Å². The van der Waals surface area contributed by atoms with Crippen LogP contribution in [0.4, 0.5) is 13.2 Å². The van der Waals surface area contributed by atoms with E-state index in [1.54, 1.807) is 24.3 Å². The second-order valence-corrected chi connectivity index (χ2v) is 8.10. The van der Waals surface area contributed by atoms with Gasteiger partial charge in [0.2, 0.25) is 0 Å². The molecule has 0 radical (unpaired) electrons. The highest BCUT2D eigenvalue weighted by molar-refractivity contribution is 5.98. The van der Waals surface area contributed by atoms with Crippen molar-refractivity contribution in [2.75, 3.05) is 0 Å². The molecular formula is C27H29F3O5. The standard InChI is InChI=1S/C27H29F3O5/c1-2-3-4-5-6-7-21(25(31)32)17-22(26(33)34)16-19-10-14-24(15-11-19)35-18-20-8-12-23(13-9-20)27(28,29)30/h8-17H,2-7,18H2,1H3,(H,31,32)(H,33,34). The maximum atomic E-state index is 12.6. The minimum atomic E-state index is -4.40. The molecule has 2 aromatic carbocycles. The average molecular weight is 491 g/mol. The van der Waals surface area contributed by atoms with E-state index in [2.05, 4.69) is 6.92 Å². The predicted molar refractivity (Wildman–Crippen MR) is 127 cm³/mol. The first-order chi connectivity index (χ1) is 16.6. The Morgan fingerprint density at radius 2 is 1.51 bits per heavy atom. The molecule has 0 amide bonds. The molecule has 0 saturated carbocycles. The fraction of sp³-hybridized carbons (Fsp3) is 0.333. The van der Waals surface area contributed by atoms with Crippen LogP contribution in [0.15, 0.2) is 65.8 Å². The molecule has 0 aliphatic carbocycles. The molecule has 0 aromatic heterocycles. The van der Waals surface area contributed by atoms with Crippen molar-refractivity contribution < 1.29 is 37.7 Å². The number of benzene rings is 2. The van der Waals surface area contributed by atoms with E-state index in [1.165, 1.54) is 24.3 Å². The van der Waals surface area contributed by atoms with Gasteiger partial charge < -0.3 is 14.9 Å². The van der Waals surface area contributed by atoms with Crippen molar-refractivity contribution in [3.63, 3.8) is 0 Å². The fourth-order valence-corrected chi connectivity index (χ4v) is 3.31. The van der Waals surface area contributed by atoms with Gasteiger partial charge in [0.1, 0.15) is 12.4 Å². The third-order valence-corrected chi connectivity index (χ3v) is 5.29. The Bertz CT molecular complexity index is 1040. The molecule has 0 unspecified atom stereocenters. The molecule has 35 heavy (non-hydrogen) atoms. The van der Waals surface area contributed by atoms with Gasteiger partial charge in [0.25, 0.3) is 0 Å². The van der Waals surface area contributed by atoms with Crippen molar-refractivity contribution in [1.82, 2.24) is 0 Å². The van der Waals surface area contributed by atoms with Gasteiger partial charge in [-0.05, 0) is 60.4 Å². The average Bonchev–Trinajstić information content (AvgIpc) is 2.81. The lowest BCUT2D eigenvalue weighted by Gasteiger charge is -2.09. The van der Waals surface area contributed by atoms with Crippen molar-refractivity contribution in [3.05, 3.63) is 82.4 Å². The van der Waals surface area contributed by atoms with Crippen LogP contribution in [-0.4, -0.2) is 22.2 Å². The summed E-state index contributed by atoms with van der Waals surface area (Å²) in [6, 6.07) is 11.1. The number of carboxylic acid groups (broad SMARTS) is 2. The molecule has 0 bridgehead atoms. The summed E-state index contributed by atoms with van der Waals surface area (Å²) >= 11 is 0. The first-order valence-electron chi connectivity index (χ1n) is 11.4. The van der Waals surface area contributed by atoms with Crippen LogP contribution in [0.25, 0.3) is 6.08 Å². The van der Waals surface area contributed by atoms with Crippen molar-refractivity contribution in [2.24, 2.45) is 0 Å². The highest BCUT2D eigenvalue weighted by Gasteiger charge is 2.29. The SMILES string of the molecule is CCCCCCCC(=CC(=Cc1ccc(OCc2ccc(C(F)(F)F)cc2)cc1)C(=O)O)C(=O)O. The smallest absolute Gasteiger partial charge is 0.416 e. The van der Waals surface area contributed by atoms with E-state index < -0.39 is 23.7 Å². The van der Waals surface area contributed by atoms with Gasteiger partial charge in [0, 0.05) is 5.57 Å². The summed E-state index contributed by atoms with van der Waals surface area (Å²) in [5, 5.41) is 19.0. The van der Waals surface area contributed by atoms with Gasteiger partial charge in [-0.3, -0.25) is 0 Å². The van der Waals surface area contributed by atoms with Gasteiger partial charge in [-0.1, -0.05) is 56.9 Å². The van der Waals surface area contributed by atoms with E-state index in [0.29, 0.717) is 29.7 Å². The van der Waals surface area contributed by atoms with Crippen molar-refractivity contribution >= 4 is 18.0 Å². The Morgan fingerprint density at radius 1 is 0.886 bits per heavy atom. The number of rotatable bonds is 13. The van der Waals surface area contributed by atoms with E-state index in [1.807, 2.05) is 0 Å². The van der Waals surface area contributed by atoms with Gasteiger partial charge in [-0.2, -0.15) is 13.2 Å². The predicted octanol–water partition coefficient (Wildman–Crippen LogP) is 7.12. The largest absolute Gasteiger partial charge is 0.489 e. The number of alkyl halides is 3. The zero-order chi connectivity index (χ0) is 25.8. The highest BCUT2D eigenvalue weighted by Crippen LogP contribution is 2.29. The lowest BCUT2D eigenvalue weighted by molar-refractivity contribution is -0.137. The molecule has 2 N–H and O–H groups in total. The minimum absolute atomic E-state index is 0.0478. The van der Waals surface area contributed by atoms with E-state index in [0.717, 1.165) is 37.8 Å². The molecule has 0 aliphatic heterocycles. The topological polar surface area (TPSA) is 83.8 Å². The third-order valence-electron chi connectivity index (χ3n) is 5.29. The number of ether oxygens (including phenoxy) is 1. The summed E-state index contributed by atoms with van der Waals surface area (Å²) in [5.74, 6) is -1.93. The summed E-state index contributed by atoms with van der Waals surface area (Å²) in [4.78, 5) is 23.3. The quantitative estimate of drug-likeness (QED) is 0.177. The summed E-state index contributed by atoms with van der Waals surface area (Å²) in [5.41, 5.74) is 0.272. The molecule has 0 saturated heterocycles. The maximum Gasteiger partial charge on any atom is 0.416 e. The van der Waals surface area contributed by atoms with Crippen LogP contribution < -0.4 is 4.74 Å². The van der Waals surface area contributed by atoms with Crippen LogP contribution in [-0.2, 0) is 22.4 Å². The first kappa shape index (κ1) is 27.7. The molecule has 2 aromatic rings. The van der Waals surface area contributed by atoms with Crippen LogP contribution in [0, 0.1) is 0 Å². The number of halogens is 3. The maximum absolute atomic E-state index is 12.6. The van der Waals surface area contributed by atoms with Crippen LogP contribution in [0.3, 0.4) is 0 Å². The van der Waals surface area contributed by atoms with Gasteiger partial charge in [-0.25, -0.2) is 9.59 Å². The lowest BCUT2D eigenvalue weighted by atomic mass is 10.0. The molecule has 0 heterocycles. The van der Waals surface area contributed by atoms with E-state index >= 15 is 0 Å². The molecular weight excluding hydrogens is 461 g/mol. The molecule has 2 rings (SSSR count). The number of hydrogen-bond acceptors (Lipinski definition) is 3. The molecule has 0 spiro atoms. The van der Waals surface area contributed by atoms with E-state index in [4.69, 9.17) is 4.74 Å². The molecule has 5 nitrogen and oxygen atoms in total. The van der Waals surface area contributed by atoms with Gasteiger partial charge >= 0.3 is 18.1 Å². The fourth-order valence-electron chi connectivity index (χ4n) is 3.31. The van der Waals surface area contributed by atoms with E-state index in [-0.39, 0.29) is 17.8 Å². The molecule has 8 heteroatoms. The lowest BCUT2D eigenvalue weighted by Crippen LogP contribution is -2.05. The number of carbonyl (C=O) groups is 2. The zero-order valence-electron chi connectivity index (χ0n) is 19.5. The monoisotopic (exact) mass is 490 g/mol. The molecule has 188 valence electrons. The summed E-state index contributed by atoms with van der Waals surface area (Å²) in [6.45, 7) is 2.15. The first-order valence-corrected chi connectivity index (χ1v) is 11.4. The Labute approximate surface area is 202 Å². The van der Waals surface area contributed by atoms with Gasteiger partial charge in [0.05, 0.1) is 11.1 Å². The molecule has 0 aliphatic rings. The normalized spacial score (nSPS) is 12.5. The minimum Gasteiger partial charge on any atom is -0.489 e.